The van der Waals surface area contributed by atoms with Gasteiger partial charge >= 0.3 is 0 Å². The zero-order chi connectivity index (χ0) is 17.5. The van der Waals surface area contributed by atoms with Gasteiger partial charge in [-0.25, -0.2) is 4.98 Å². The van der Waals surface area contributed by atoms with Crippen molar-refractivity contribution in [3.8, 4) is 0 Å². The summed E-state index contributed by atoms with van der Waals surface area (Å²) >= 11 is 0. The summed E-state index contributed by atoms with van der Waals surface area (Å²) < 4.78 is 2.32. The van der Waals surface area contributed by atoms with Gasteiger partial charge in [-0.3, -0.25) is 0 Å². The van der Waals surface area contributed by atoms with Crippen LogP contribution in [-0.4, -0.2) is 19.1 Å². The number of benzene rings is 2. The Morgan fingerprint density at radius 1 is 1.08 bits per heavy atom. The molecule has 0 aliphatic carbocycles. The zero-order valence-corrected chi connectivity index (χ0v) is 16.3. The van der Waals surface area contributed by atoms with Crippen LogP contribution in [0, 0.1) is 5.92 Å². The number of allylic oxidation sites excluding steroid dienone is 1. The fraction of sp³-hybridized carbons (Fsp3) is 0.227. The SMILES string of the molecule is C=CCC(C)C[SiH2]C(c1ccccc1)(c1ccccc1)n1ccnc1. The highest BCUT2D eigenvalue weighted by Gasteiger charge is 2.36. The summed E-state index contributed by atoms with van der Waals surface area (Å²) in [6.45, 7) is 6.25. The normalized spacial score (nSPS) is 13.2. The van der Waals surface area contributed by atoms with Gasteiger partial charge in [0.05, 0.1) is 21.0 Å². The first-order valence-electron chi connectivity index (χ1n) is 8.97. The van der Waals surface area contributed by atoms with Gasteiger partial charge in [0.1, 0.15) is 0 Å². The lowest BCUT2D eigenvalue weighted by atomic mass is 9.97. The van der Waals surface area contributed by atoms with Crippen LogP contribution < -0.4 is 0 Å². The van der Waals surface area contributed by atoms with Crippen LogP contribution in [0.1, 0.15) is 24.5 Å². The Kier molecular flexibility index (Phi) is 5.66. The topological polar surface area (TPSA) is 17.8 Å². The largest absolute Gasteiger partial charge is 0.327 e. The van der Waals surface area contributed by atoms with Gasteiger partial charge in [0, 0.05) is 12.4 Å². The summed E-state index contributed by atoms with van der Waals surface area (Å²) in [7, 11) is -0.540. The van der Waals surface area contributed by atoms with Gasteiger partial charge in [-0.2, -0.15) is 0 Å². The van der Waals surface area contributed by atoms with E-state index in [1.165, 1.54) is 17.2 Å². The molecule has 2 aromatic carbocycles. The van der Waals surface area contributed by atoms with Crippen molar-refractivity contribution < 1.29 is 0 Å². The van der Waals surface area contributed by atoms with Crippen molar-refractivity contribution >= 4 is 9.52 Å². The van der Waals surface area contributed by atoms with Gasteiger partial charge in [-0.15, -0.1) is 6.58 Å². The van der Waals surface area contributed by atoms with Crippen LogP contribution in [0.3, 0.4) is 0 Å². The zero-order valence-electron chi connectivity index (χ0n) is 14.9. The fourth-order valence-electron chi connectivity index (χ4n) is 3.65. The van der Waals surface area contributed by atoms with Gasteiger partial charge in [-0.1, -0.05) is 79.7 Å². The third kappa shape index (κ3) is 3.66. The molecule has 3 rings (SSSR count). The van der Waals surface area contributed by atoms with Gasteiger partial charge in [0.2, 0.25) is 0 Å². The Labute approximate surface area is 153 Å². The van der Waals surface area contributed by atoms with E-state index in [9.17, 15) is 0 Å². The minimum atomic E-state index is -0.540. The first-order valence-corrected chi connectivity index (χ1v) is 10.7. The summed E-state index contributed by atoms with van der Waals surface area (Å²) in [4.78, 5) is 4.37. The standard InChI is InChI=1S/C22H26N2Si/c1-3-10-19(2)17-25-22(24-16-15-23-18-24,20-11-6-4-7-12-20)21-13-8-5-9-14-21/h3-9,11-16,18-19H,1,10,17,25H2,2H3. The molecule has 1 heterocycles. The first-order chi connectivity index (χ1) is 12.3. The molecule has 0 radical (unpaired) electrons. The van der Waals surface area contributed by atoms with E-state index in [4.69, 9.17) is 0 Å². The Hall–Kier alpha value is -2.39. The van der Waals surface area contributed by atoms with Crippen LogP contribution in [0.25, 0.3) is 0 Å². The Morgan fingerprint density at radius 3 is 2.16 bits per heavy atom. The van der Waals surface area contributed by atoms with E-state index in [1.807, 2.05) is 18.6 Å². The van der Waals surface area contributed by atoms with Crippen molar-refractivity contribution in [1.82, 2.24) is 9.55 Å². The van der Waals surface area contributed by atoms with E-state index in [0.717, 1.165) is 6.42 Å². The molecule has 1 atom stereocenters. The van der Waals surface area contributed by atoms with E-state index in [2.05, 4.69) is 89.9 Å². The van der Waals surface area contributed by atoms with E-state index >= 15 is 0 Å². The maximum absolute atomic E-state index is 4.37. The van der Waals surface area contributed by atoms with Crippen molar-refractivity contribution in [2.24, 2.45) is 5.92 Å². The lowest BCUT2D eigenvalue weighted by Crippen LogP contribution is -2.42. The second-order valence-corrected chi connectivity index (χ2v) is 8.83. The second kappa shape index (κ2) is 8.12. The number of hydrogen-bond donors (Lipinski definition) is 0. The molecule has 3 heteroatoms. The van der Waals surface area contributed by atoms with E-state index in [-0.39, 0.29) is 5.16 Å². The van der Waals surface area contributed by atoms with E-state index in [1.54, 1.807) is 0 Å². The number of aromatic nitrogens is 2. The second-order valence-electron chi connectivity index (χ2n) is 6.73. The quantitative estimate of drug-likeness (QED) is 0.436. The predicted octanol–water partition coefficient (Wildman–Crippen LogP) is 4.43. The molecular weight excluding hydrogens is 320 g/mol. The summed E-state index contributed by atoms with van der Waals surface area (Å²) in [5, 5.41) is -0.103. The predicted molar refractivity (Wildman–Crippen MR) is 109 cm³/mol. The molecule has 1 unspecified atom stereocenters. The molecule has 25 heavy (non-hydrogen) atoms. The molecule has 0 aliphatic heterocycles. The third-order valence-electron chi connectivity index (χ3n) is 5.02. The van der Waals surface area contributed by atoms with Crippen molar-refractivity contribution in [2.45, 2.75) is 24.6 Å². The molecule has 1 aromatic heterocycles. The van der Waals surface area contributed by atoms with Crippen molar-refractivity contribution in [3.63, 3.8) is 0 Å². The van der Waals surface area contributed by atoms with Crippen LogP contribution in [0.4, 0.5) is 0 Å². The highest BCUT2D eigenvalue weighted by atomic mass is 28.2. The molecule has 128 valence electrons. The Morgan fingerprint density at radius 2 is 1.68 bits per heavy atom. The number of hydrogen-bond acceptors (Lipinski definition) is 1. The summed E-state index contributed by atoms with van der Waals surface area (Å²) in [5.74, 6) is 0.666. The minimum Gasteiger partial charge on any atom is -0.327 e. The highest BCUT2D eigenvalue weighted by Crippen LogP contribution is 2.35. The van der Waals surface area contributed by atoms with Gasteiger partial charge in [0.15, 0.2) is 0 Å². The van der Waals surface area contributed by atoms with Crippen LogP contribution in [0.2, 0.25) is 6.04 Å². The van der Waals surface area contributed by atoms with Gasteiger partial charge < -0.3 is 4.57 Å². The first kappa shape index (κ1) is 17.4. The molecule has 0 fully saturated rings. The van der Waals surface area contributed by atoms with E-state index in [0.29, 0.717) is 5.92 Å². The number of rotatable bonds is 8. The summed E-state index contributed by atoms with van der Waals surface area (Å²) in [6, 6.07) is 23.1. The maximum atomic E-state index is 4.37. The fourth-order valence-corrected chi connectivity index (χ4v) is 6.29. The molecule has 0 amide bonds. The molecule has 0 saturated heterocycles. The number of imidazole rings is 1. The van der Waals surface area contributed by atoms with Crippen molar-refractivity contribution in [2.75, 3.05) is 0 Å². The Bertz CT molecular complexity index is 727. The molecule has 0 bridgehead atoms. The monoisotopic (exact) mass is 346 g/mol. The maximum Gasteiger partial charge on any atom is 0.0953 e. The van der Waals surface area contributed by atoms with Crippen molar-refractivity contribution in [1.29, 1.82) is 0 Å². The lowest BCUT2D eigenvalue weighted by Gasteiger charge is -2.37. The molecule has 2 nitrogen and oxygen atoms in total. The van der Waals surface area contributed by atoms with Crippen molar-refractivity contribution in [3.05, 3.63) is 103 Å². The molecule has 0 saturated carbocycles. The van der Waals surface area contributed by atoms with Crippen LogP contribution in [-0.2, 0) is 5.16 Å². The van der Waals surface area contributed by atoms with Crippen LogP contribution in [0.5, 0.6) is 0 Å². The highest BCUT2D eigenvalue weighted by molar-refractivity contribution is 6.41. The molecule has 0 N–H and O–H groups in total. The van der Waals surface area contributed by atoms with Crippen LogP contribution >= 0.6 is 0 Å². The van der Waals surface area contributed by atoms with E-state index < -0.39 is 9.52 Å². The smallest absolute Gasteiger partial charge is 0.0953 e. The molecule has 0 spiro atoms. The Balaban J connectivity index is 2.12. The lowest BCUT2D eigenvalue weighted by molar-refractivity contribution is 0.573. The average molecular weight is 347 g/mol. The van der Waals surface area contributed by atoms with Crippen LogP contribution in [0.15, 0.2) is 92.0 Å². The van der Waals surface area contributed by atoms with Gasteiger partial charge in [-0.05, 0) is 23.5 Å². The summed E-state index contributed by atoms with van der Waals surface area (Å²) in [5.41, 5.74) is 2.72. The number of nitrogens with zero attached hydrogens (tertiary/aromatic N) is 2. The third-order valence-corrected chi connectivity index (χ3v) is 8.20. The summed E-state index contributed by atoms with van der Waals surface area (Å²) in [6.07, 6.45) is 9.11. The average Bonchev–Trinajstić information content (AvgIpc) is 3.19. The molecular formula is C22H26N2Si. The molecule has 0 aliphatic rings. The van der Waals surface area contributed by atoms with Gasteiger partial charge in [0.25, 0.3) is 0 Å². The minimum absolute atomic E-state index is 0.103. The molecule has 3 aromatic rings.